The number of phosphoric ester groups is 1. The predicted octanol–water partition coefficient (Wildman–Crippen LogP) is 3.93. The van der Waals surface area contributed by atoms with E-state index < -0.39 is 13.5 Å². The van der Waals surface area contributed by atoms with Gasteiger partial charge in [-0.2, -0.15) is 0 Å². The maximum Gasteiger partial charge on any atom is 0.477 e. The van der Waals surface area contributed by atoms with E-state index in [4.69, 9.17) is 13.6 Å². The zero-order chi connectivity index (χ0) is 16.5. The minimum absolute atomic E-state index is 0.286. The molecule has 0 saturated carbocycles. The lowest BCUT2D eigenvalue weighted by molar-refractivity contribution is -0.0250. The van der Waals surface area contributed by atoms with Crippen LogP contribution in [0.3, 0.4) is 0 Å². The van der Waals surface area contributed by atoms with E-state index in [0.29, 0.717) is 25.9 Å². The van der Waals surface area contributed by atoms with Crippen LogP contribution in [0.15, 0.2) is 5.18 Å². The summed E-state index contributed by atoms with van der Waals surface area (Å²) in [5.41, 5.74) is -1.31. The van der Waals surface area contributed by atoms with Crippen LogP contribution in [0.2, 0.25) is 0 Å². The highest BCUT2D eigenvalue weighted by molar-refractivity contribution is 7.48. The first-order chi connectivity index (χ1) is 10.5. The highest BCUT2D eigenvalue weighted by Crippen LogP contribution is 2.55. The molecule has 1 aliphatic heterocycles. The molecule has 130 valence electrons. The van der Waals surface area contributed by atoms with Gasteiger partial charge in [0.05, 0.1) is 13.2 Å². The Morgan fingerprint density at radius 3 is 2.00 bits per heavy atom. The highest BCUT2D eigenvalue weighted by Gasteiger charge is 2.44. The molecule has 0 amide bonds. The molecule has 1 saturated heterocycles. The molecule has 1 heterocycles. The van der Waals surface area contributed by atoms with Crippen molar-refractivity contribution in [2.75, 3.05) is 33.4 Å². The van der Waals surface area contributed by atoms with Crippen molar-refractivity contribution in [2.45, 2.75) is 58.1 Å². The Kier molecular flexibility index (Phi) is 8.72. The Morgan fingerprint density at radius 2 is 1.59 bits per heavy atom. The van der Waals surface area contributed by atoms with Crippen LogP contribution >= 0.6 is 7.82 Å². The fourth-order valence-corrected chi connectivity index (χ4v) is 3.62. The quantitative estimate of drug-likeness (QED) is 0.323. The van der Waals surface area contributed by atoms with Gasteiger partial charge in [-0.3, -0.25) is 13.6 Å². The first-order valence-electron chi connectivity index (χ1n) is 8.12. The van der Waals surface area contributed by atoms with Gasteiger partial charge in [0.25, 0.3) is 0 Å². The molecule has 1 aliphatic rings. The second kappa shape index (κ2) is 9.73. The molecule has 1 fully saturated rings. The highest BCUT2D eigenvalue weighted by atomic mass is 31.2. The molecule has 0 aromatic carbocycles. The van der Waals surface area contributed by atoms with Crippen molar-refractivity contribution in [1.82, 2.24) is 4.90 Å². The summed E-state index contributed by atoms with van der Waals surface area (Å²) in [6.45, 7) is 5.92. The van der Waals surface area contributed by atoms with E-state index >= 15 is 0 Å². The predicted molar refractivity (Wildman–Crippen MR) is 85.7 cm³/mol. The second-order valence-corrected chi connectivity index (χ2v) is 7.35. The van der Waals surface area contributed by atoms with Gasteiger partial charge in [-0.15, -0.1) is 4.91 Å². The lowest BCUT2D eigenvalue weighted by Gasteiger charge is -2.36. The van der Waals surface area contributed by atoms with Crippen LogP contribution in [0.1, 0.15) is 52.4 Å². The van der Waals surface area contributed by atoms with E-state index in [9.17, 15) is 9.47 Å². The summed E-state index contributed by atoms with van der Waals surface area (Å²) in [6, 6.07) is 0. The Bertz CT molecular complexity index is 358. The van der Waals surface area contributed by atoms with Crippen molar-refractivity contribution < 1.29 is 18.1 Å². The van der Waals surface area contributed by atoms with Gasteiger partial charge in [0, 0.05) is 25.9 Å². The van der Waals surface area contributed by atoms with Gasteiger partial charge in [-0.25, -0.2) is 4.57 Å². The van der Waals surface area contributed by atoms with Crippen molar-refractivity contribution in [3.8, 4) is 0 Å². The fraction of sp³-hybridized carbons (Fsp3) is 1.00. The Morgan fingerprint density at radius 1 is 1.09 bits per heavy atom. The third-order valence-corrected chi connectivity index (χ3v) is 5.27. The number of likely N-dealkylation sites (tertiary alicyclic amines) is 1. The van der Waals surface area contributed by atoms with Crippen LogP contribution in [0.5, 0.6) is 0 Å². The van der Waals surface area contributed by atoms with Crippen molar-refractivity contribution in [3.63, 3.8) is 0 Å². The number of piperidine rings is 1. The minimum Gasteiger partial charge on any atom is -0.306 e. The number of hydrogen-bond acceptors (Lipinski definition) is 7. The zero-order valence-corrected chi connectivity index (χ0v) is 14.8. The molecular formula is C14H29N2O5P. The largest absolute Gasteiger partial charge is 0.477 e. The summed E-state index contributed by atoms with van der Waals surface area (Å²) in [6.07, 6.45) is 4.13. The number of rotatable bonds is 11. The van der Waals surface area contributed by atoms with Gasteiger partial charge in [-0.05, 0) is 25.1 Å². The molecule has 8 heteroatoms. The number of phosphoric acid groups is 1. The molecule has 0 N–H and O–H groups in total. The Hall–Kier alpha value is -0.330. The first kappa shape index (κ1) is 19.7. The first-order valence-corrected chi connectivity index (χ1v) is 9.58. The zero-order valence-electron chi connectivity index (χ0n) is 14.0. The van der Waals surface area contributed by atoms with Gasteiger partial charge >= 0.3 is 7.82 Å². The van der Waals surface area contributed by atoms with Crippen LogP contribution in [0, 0.1) is 4.91 Å². The van der Waals surface area contributed by atoms with Gasteiger partial charge in [0.15, 0.2) is 0 Å². The standard InChI is InChI=1S/C14H29N2O5P/c1-4-6-12-19-22(18,20-13-7-5-2)21-14(15-17)8-10-16(3)11-9-14/h4-13H2,1-3H3. The SMILES string of the molecule is CCCCOP(=O)(OCCCC)OC1(N=O)CCN(C)CC1. The maximum absolute atomic E-state index is 12.8. The van der Waals surface area contributed by atoms with Crippen molar-refractivity contribution in [3.05, 3.63) is 4.91 Å². The van der Waals surface area contributed by atoms with Crippen molar-refractivity contribution in [2.24, 2.45) is 5.18 Å². The molecule has 0 atom stereocenters. The van der Waals surface area contributed by atoms with Crippen LogP contribution in [-0.4, -0.2) is 44.0 Å². The summed E-state index contributed by atoms with van der Waals surface area (Å²) >= 11 is 0. The lowest BCUT2D eigenvalue weighted by atomic mass is 10.0. The van der Waals surface area contributed by atoms with Crippen LogP contribution in [-0.2, 0) is 18.1 Å². The molecule has 0 spiro atoms. The minimum atomic E-state index is -3.76. The normalized spacial score (nSPS) is 19.2. The lowest BCUT2D eigenvalue weighted by Crippen LogP contribution is -2.42. The van der Waals surface area contributed by atoms with Crippen LogP contribution in [0.4, 0.5) is 0 Å². The summed E-state index contributed by atoms with van der Waals surface area (Å²) in [5.74, 6) is 0. The van der Waals surface area contributed by atoms with E-state index in [0.717, 1.165) is 25.7 Å². The van der Waals surface area contributed by atoms with Crippen LogP contribution in [0.25, 0.3) is 0 Å². The summed E-state index contributed by atoms with van der Waals surface area (Å²) in [7, 11) is -1.80. The Balaban J connectivity index is 2.71. The molecule has 22 heavy (non-hydrogen) atoms. The van der Waals surface area contributed by atoms with E-state index in [1.807, 2.05) is 20.9 Å². The average molecular weight is 336 g/mol. The molecule has 0 radical (unpaired) electrons. The second-order valence-electron chi connectivity index (χ2n) is 5.75. The molecule has 0 aliphatic carbocycles. The van der Waals surface area contributed by atoms with Gasteiger partial charge in [0.1, 0.15) is 0 Å². The van der Waals surface area contributed by atoms with E-state index in [1.54, 1.807) is 0 Å². The molecular weight excluding hydrogens is 307 g/mol. The third-order valence-electron chi connectivity index (χ3n) is 3.71. The summed E-state index contributed by atoms with van der Waals surface area (Å²) in [4.78, 5) is 13.4. The van der Waals surface area contributed by atoms with Crippen LogP contribution < -0.4 is 0 Å². The molecule has 0 aromatic rings. The third kappa shape index (κ3) is 6.42. The number of nitrogens with zero attached hydrogens (tertiary/aromatic N) is 2. The molecule has 1 rings (SSSR count). The maximum atomic E-state index is 12.8. The number of hydrogen-bond donors (Lipinski definition) is 0. The summed E-state index contributed by atoms with van der Waals surface area (Å²) in [5, 5.41) is 3.12. The molecule has 0 aromatic heterocycles. The molecule has 0 bridgehead atoms. The van der Waals surface area contributed by atoms with E-state index in [2.05, 4.69) is 10.1 Å². The number of unbranched alkanes of at least 4 members (excludes halogenated alkanes) is 2. The van der Waals surface area contributed by atoms with E-state index in [-0.39, 0.29) is 13.2 Å². The molecule has 7 nitrogen and oxygen atoms in total. The van der Waals surface area contributed by atoms with Gasteiger partial charge < -0.3 is 4.90 Å². The average Bonchev–Trinajstić information content (AvgIpc) is 2.50. The van der Waals surface area contributed by atoms with Crippen molar-refractivity contribution >= 4 is 7.82 Å². The smallest absolute Gasteiger partial charge is 0.306 e. The number of nitroso groups, excluding NO2 is 1. The summed E-state index contributed by atoms with van der Waals surface area (Å²) < 4.78 is 29.1. The van der Waals surface area contributed by atoms with Gasteiger partial charge in [-0.1, -0.05) is 26.7 Å². The van der Waals surface area contributed by atoms with E-state index in [1.165, 1.54) is 0 Å². The van der Waals surface area contributed by atoms with Crippen molar-refractivity contribution in [1.29, 1.82) is 0 Å². The topological polar surface area (TPSA) is 77.4 Å². The molecule has 0 unspecified atom stereocenters. The fourth-order valence-electron chi connectivity index (χ4n) is 2.11. The monoisotopic (exact) mass is 336 g/mol. The van der Waals surface area contributed by atoms with Gasteiger partial charge in [0.2, 0.25) is 5.72 Å². The Labute approximate surface area is 133 Å².